The zero-order chi connectivity index (χ0) is 30.2. The highest BCUT2D eigenvalue weighted by Crippen LogP contribution is 2.20. The van der Waals surface area contributed by atoms with Crippen molar-refractivity contribution in [3.8, 4) is 0 Å². The van der Waals surface area contributed by atoms with Crippen molar-refractivity contribution in [3.05, 3.63) is 42.5 Å². The third kappa shape index (κ3) is 8.64. The van der Waals surface area contributed by atoms with Gasteiger partial charge in [0.05, 0.1) is 18.4 Å². The molecule has 2 amide bonds. The normalized spacial score (nSPS) is 17.7. The fraction of sp³-hybridized carbons (Fsp3) is 0.500. The maximum absolute atomic E-state index is 13.4. The van der Waals surface area contributed by atoms with Crippen LogP contribution in [0.2, 0.25) is 0 Å². The summed E-state index contributed by atoms with van der Waals surface area (Å²) >= 11 is 0. The molecular weight excluding hydrogens is 548 g/mol. The van der Waals surface area contributed by atoms with Gasteiger partial charge in [0.2, 0.25) is 21.8 Å². The molecule has 41 heavy (non-hydrogen) atoms. The van der Waals surface area contributed by atoms with Crippen molar-refractivity contribution < 1.29 is 27.5 Å². The van der Waals surface area contributed by atoms with Gasteiger partial charge >= 0.3 is 5.97 Å². The zero-order valence-corrected chi connectivity index (χ0v) is 24.5. The number of nitrogens with two attached hydrogens (primary N) is 1. The van der Waals surface area contributed by atoms with Crippen LogP contribution in [0.4, 0.5) is 0 Å². The number of carbonyl (C=O) groups is 3. The van der Waals surface area contributed by atoms with E-state index in [1.54, 1.807) is 30.0 Å². The van der Waals surface area contributed by atoms with Gasteiger partial charge in [-0.3, -0.25) is 15.0 Å². The van der Waals surface area contributed by atoms with Crippen LogP contribution < -0.4 is 21.1 Å². The molecule has 0 aliphatic carbocycles. The fourth-order valence-corrected chi connectivity index (χ4v) is 6.02. The minimum atomic E-state index is -4.23. The monoisotopic (exact) mass is 588 g/mol. The van der Waals surface area contributed by atoms with Crippen molar-refractivity contribution in [2.24, 2.45) is 17.6 Å². The summed E-state index contributed by atoms with van der Waals surface area (Å²) in [6.45, 7) is 5.09. The SMILES string of the molecule is CCC(C)[C@H](NC(=O)[C@H](CC(=O)NC[C@@H]1CCCN(C(=N)N)C1)NS(=O)(=O)c1ccc2ccccc2c1)C(=O)OC. The third-order valence-electron chi connectivity index (χ3n) is 7.45. The molecule has 0 aromatic heterocycles. The lowest BCUT2D eigenvalue weighted by molar-refractivity contribution is -0.146. The number of benzene rings is 2. The first-order chi connectivity index (χ1) is 19.4. The van der Waals surface area contributed by atoms with Gasteiger partial charge in [0.15, 0.2) is 5.96 Å². The van der Waals surface area contributed by atoms with Gasteiger partial charge in [-0.1, -0.05) is 50.6 Å². The quantitative estimate of drug-likeness (QED) is 0.140. The van der Waals surface area contributed by atoms with Gasteiger partial charge < -0.3 is 26.0 Å². The Morgan fingerprint density at radius 1 is 1.17 bits per heavy atom. The molecule has 1 fully saturated rings. The lowest BCUT2D eigenvalue weighted by Crippen LogP contribution is -2.55. The van der Waals surface area contributed by atoms with Crippen LogP contribution in [0.25, 0.3) is 10.8 Å². The molecule has 0 radical (unpaired) electrons. The highest BCUT2D eigenvalue weighted by Gasteiger charge is 2.33. The summed E-state index contributed by atoms with van der Waals surface area (Å²) in [7, 11) is -3.03. The van der Waals surface area contributed by atoms with E-state index in [4.69, 9.17) is 15.9 Å². The van der Waals surface area contributed by atoms with Gasteiger partial charge in [-0.15, -0.1) is 0 Å². The van der Waals surface area contributed by atoms with Crippen molar-refractivity contribution in [3.63, 3.8) is 0 Å². The Balaban J connectivity index is 1.79. The number of amides is 2. The number of methoxy groups -OCH3 is 1. The van der Waals surface area contributed by atoms with Crippen LogP contribution in [0.1, 0.15) is 39.5 Å². The number of hydrogen-bond donors (Lipinski definition) is 5. The number of carbonyl (C=O) groups excluding carboxylic acids is 3. The average Bonchev–Trinajstić information content (AvgIpc) is 2.97. The lowest BCUT2D eigenvalue weighted by Gasteiger charge is -2.33. The first kappa shape index (κ1) is 31.8. The number of nitrogens with zero attached hydrogens (tertiary/aromatic N) is 1. The van der Waals surface area contributed by atoms with E-state index in [2.05, 4.69) is 15.4 Å². The van der Waals surface area contributed by atoms with Gasteiger partial charge in [0, 0.05) is 19.6 Å². The van der Waals surface area contributed by atoms with E-state index in [-0.39, 0.29) is 29.2 Å². The number of sulfonamides is 1. The lowest BCUT2D eigenvalue weighted by atomic mass is 9.98. The van der Waals surface area contributed by atoms with Crippen LogP contribution >= 0.6 is 0 Å². The summed E-state index contributed by atoms with van der Waals surface area (Å²) in [6.07, 6.45) is 1.71. The second kappa shape index (κ2) is 14.3. The molecule has 1 aliphatic heterocycles. The third-order valence-corrected chi connectivity index (χ3v) is 8.92. The van der Waals surface area contributed by atoms with Crippen molar-refractivity contribution in [1.82, 2.24) is 20.3 Å². The summed E-state index contributed by atoms with van der Waals surface area (Å²) in [5, 5.41) is 14.6. The maximum atomic E-state index is 13.4. The minimum absolute atomic E-state index is 0.0256. The molecule has 0 saturated carbocycles. The predicted octanol–water partition coefficient (Wildman–Crippen LogP) is 1.30. The molecule has 0 spiro atoms. The molecule has 1 aliphatic rings. The number of nitrogens with one attached hydrogen (secondary N) is 4. The van der Waals surface area contributed by atoms with Crippen LogP contribution in [0.15, 0.2) is 47.4 Å². The maximum Gasteiger partial charge on any atom is 0.328 e. The summed E-state index contributed by atoms with van der Waals surface area (Å²) in [5.74, 6) is -2.30. The smallest absolute Gasteiger partial charge is 0.328 e. The Labute approximate surface area is 240 Å². The Morgan fingerprint density at radius 2 is 1.88 bits per heavy atom. The minimum Gasteiger partial charge on any atom is -0.467 e. The summed E-state index contributed by atoms with van der Waals surface area (Å²) in [6, 6.07) is 9.32. The van der Waals surface area contributed by atoms with Crippen LogP contribution in [0.5, 0.6) is 0 Å². The first-order valence-electron chi connectivity index (χ1n) is 13.7. The molecule has 0 bridgehead atoms. The number of esters is 1. The van der Waals surface area contributed by atoms with Crippen molar-refractivity contribution in [2.45, 2.75) is 56.5 Å². The van der Waals surface area contributed by atoms with E-state index in [1.807, 2.05) is 19.1 Å². The van der Waals surface area contributed by atoms with Crippen LogP contribution in [0.3, 0.4) is 0 Å². The molecule has 2 aromatic carbocycles. The molecule has 1 unspecified atom stereocenters. The standard InChI is InChI=1S/C28H40N6O6S/c1-4-18(2)25(27(37)40-3)32-26(36)23(15-24(35)31-16-19-8-7-13-34(17-19)28(29)30)33-41(38,39)22-12-11-20-9-5-6-10-21(20)14-22/h5-6,9-12,14,18-19,23,25,33H,4,7-8,13,15-17H2,1-3H3,(H3,29,30)(H,31,35)(H,32,36)/t18?,19-,23-,25-/m0/s1. The predicted molar refractivity (Wildman–Crippen MR) is 155 cm³/mol. The molecule has 224 valence electrons. The Bertz CT molecular complexity index is 1370. The summed E-state index contributed by atoms with van der Waals surface area (Å²) in [5.41, 5.74) is 5.60. The molecule has 6 N–H and O–H groups in total. The van der Waals surface area contributed by atoms with E-state index in [0.29, 0.717) is 24.9 Å². The molecule has 1 saturated heterocycles. The van der Waals surface area contributed by atoms with Crippen LogP contribution in [0, 0.1) is 17.2 Å². The number of likely N-dealkylation sites (tertiary alicyclic amines) is 1. The molecule has 2 aromatic rings. The zero-order valence-electron chi connectivity index (χ0n) is 23.7. The highest BCUT2D eigenvalue weighted by atomic mass is 32.2. The molecule has 12 nitrogen and oxygen atoms in total. The fourth-order valence-electron chi connectivity index (χ4n) is 4.79. The largest absolute Gasteiger partial charge is 0.467 e. The molecule has 1 heterocycles. The highest BCUT2D eigenvalue weighted by molar-refractivity contribution is 7.89. The molecule has 3 rings (SSSR count). The molecular formula is C28H40N6O6S. The molecule has 13 heteroatoms. The number of fused-ring (bicyclic) bond motifs is 1. The van der Waals surface area contributed by atoms with E-state index >= 15 is 0 Å². The van der Waals surface area contributed by atoms with E-state index < -0.39 is 46.3 Å². The molecule has 4 atom stereocenters. The van der Waals surface area contributed by atoms with Gasteiger partial charge in [-0.2, -0.15) is 4.72 Å². The van der Waals surface area contributed by atoms with Gasteiger partial charge in [0.25, 0.3) is 0 Å². The van der Waals surface area contributed by atoms with E-state index in [0.717, 1.165) is 18.2 Å². The van der Waals surface area contributed by atoms with E-state index in [1.165, 1.54) is 19.2 Å². The van der Waals surface area contributed by atoms with E-state index in [9.17, 15) is 22.8 Å². The Hall–Kier alpha value is -3.71. The number of ether oxygens (including phenoxy) is 1. The van der Waals surface area contributed by atoms with Crippen molar-refractivity contribution in [2.75, 3.05) is 26.7 Å². The Morgan fingerprint density at radius 3 is 2.54 bits per heavy atom. The number of rotatable bonds is 12. The Kier molecular flexibility index (Phi) is 11.1. The summed E-state index contributed by atoms with van der Waals surface area (Å²) in [4.78, 5) is 40.4. The van der Waals surface area contributed by atoms with Crippen LogP contribution in [-0.4, -0.2) is 75.9 Å². The second-order valence-corrected chi connectivity index (χ2v) is 12.1. The second-order valence-electron chi connectivity index (χ2n) is 10.4. The van der Waals surface area contributed by atoms with Gasteiger partial charge in [-0.25, -0.2) is 13.2 Å². The van der Waals surface area contributed by atoms with Crippen molar-refractivity contribution in [1.29, 1.82) is 5.41 Å². The van der Waals surface area contributed by atoms with Gasteiger partial charge in [0.1, 0.15) is 12.1 Å². The van der Waals surface area contributed by atoms with Gasteiger partial charge in [-0.05, 0) is 47.6 Å². The number of hydrogen-bond acceptors (Lipinski definition) is 7. The average molecular weight is 589 g/mol. The first-order valence-corrected chi connectivity index (χ1v) is 15.2. The number of piperidine rings is 1. The topological polar surface area (TPSA) is 184 Å². The van der Waals surface area contributed by atoms with Crippen molar-refractivity contribution >= 4 is 44.5 Å². The van der Waals surface area contributed by atoms with Crippen LogP contribution in [-0.2, 0) is 29.1 Å². The summed E-state index contributed by atoms with van der Waals surface area (Å²) < 4.78 is 34.0. The number of guanidine groups is 1.